The van der Waals surface area contributed by atoms with Gasteiger partial charge in [-0.15, -0.1) is 0 Å². The fraction of sp³-hybridized carbons (Fsp3) is 0.571. The van der Waals surface area contributed by atoms with Crippen LogP contribution in [0, 0.1) is 0 Å². The summed E-state index contributed by atoms with van der Waals surface area (Å²) < 4.78 is 11.3. The van der Waals surface area contributed by atoms with Crippen molar-refractivity contribution in [2.75, 3.05) is 19.8 Å². The van der Waals surface area contributed by atoms with Crippen LogP contribution in [0.15, 0.2) is 18.2 Å². The number of aliphatic hydroxyl groups excluding tert-OH is 1. The van der Waals surface area contributed by atoms with Gasteiger partial charge in [-0.2, -0.15) is 0 Å². The first-order valence-electron chi connectivity index (χ1n) is 6.14. The zero-order chi connectivity index (χ0) is 12.3. The van der Waals surface area contributed by atoms with Crippen LogP contribution in [0.5, 0.6) is 11.5 Å². The summed E-state index contributed by atoms with van der Waals surface area (Å²) in [5.41, 5.74) is 1.13. The van der Waals surface area contributed by atoms with Gasteiger partial charge in [0.15, 0.2) is 11.5 Å². The van der Waals surface area contributed by atoms with E-state index in [1.54, 1.807) is 0 Å². The third kappa shape index (κ3) is 2.72. The van der Waals surface area contributed by atoms with Gasteiger partial charge in [0.2, 0.25) is 0 Å². The smallest absolute Gasteiger partial charge is 0.161 e. The molecule has 0 fully saturated rings. The predicted octanol–water partition coefficient (Wildman–Crippen LogP) is 2.51. The number of rotatable bonds is 3. The molecule has 1 N–H and O–H groups in total. The van der Waals surface area contributed by atoms with E-state index in [1.165, 1.54) is 5.56 Å². The van der Waals surface area contributed by atoms with E-state index in [0.29, 0.717) is 13.2 Å². The van der Waals surface area contributed by atoms with Gasteiger partial charge in [0, 0.05) is 13.0 Å². The Kier molecular flexibility index (Phi) is 3.57. The lowest BCUT2D eigenvalue weighted by atomic mass is 9.82. The summed E-state index contributed by atoms with van der Waals surface area (Å²) >= 11 is 0. The predicted molar refractivity (Wildman–Crippen MR) is 66.8 cm³/mol. The van der Waals surface area contributed by atoms with Crippen LogP contribution in [-0.2, 0) is 5.41 Å². The molecule has 0 spiro atoms. The number of benzene rings is 1. The number of hydrogen-bond donors (Lipinski definition) is 1. The molecule has 1 aromatic rings. The van der Waals surface area contributed by atoms with Crippen LogP contribution in [0.25, 0.3) is 0 Å². The van der Waals surface area contributed by atoms with Crippen LogP contribution >= 0.6 is 0 Å². The highest BCUT2D eigenvalue weighted by molar-refractivity contribution is 5.45. The van der Waals surface area contributed by atoms with Crippen LogP contribution in [-0.4, -0.2) is 24.9 Å². The number of aliphatic hydroxyl groups is 1. The Bertz CT molecular complexity index is 385. The Balaban J connectivity index is 2.29. The summed E-state index contributed by atoms with van der Waals surface area (Å²) in [5, 5.41) is 9.09. The SMILES string of the molecule is CC(C)(CCO)c1ccc2c(c1)OCCCO2. The van der Waals surface area contributed by atoms with Crippen LogP contribution in [0.2, 0.25) is 0 Å². The van der Waals surface area contributed by atoms with Crippen molar-refractivity contribution < 1.29 is 14.6 Å². The fourth-order valence-corrected chi connectivity index (χ4v) is 2.01. The number of ether oxygens (including phenoxy) is 2. The van der Waals surface area contributed by atoms with Crippen LogP contribution in [0.1, 0.15) is 32.3 Å². The molecule has 94 valence electrons. The highest BCUT2D eigenvalue weighted by Gasteiger charge is 2.22. The van der Waals surface area contributed by atoms with Gasteiger partial charge in [0.25, 0.3) is 0 Å². The van der Waals surface area contributed by atoms with E-state index in [1.807, 2.05) is 12.1 Å². The molecule has 2 rings (SSSR count). The molecule has 0 saturated heterocycles. The second-order valence-corrected chi connectivity index (χ2v) is 5.07. The van der Waals surface area contributed by atoms with E-state index in [9.17, 15) is 0 Å². The Morgan fingerprint density at radius 3 is 2.59 bits per heavy atom. The summed E-state index contributed by atoms with van der Waals surface area (Å²) in [6, 6.07) is 6.06. The van der Waals surface area contributed by atoms with Crippen LogP contribution in [0.3, 0.4) is 0 Å². The number of hydrogen-bond acceptors (Lipinski definition) is 3. The second-order valence-electron chi connectivity index (χ2n) is 5.07. The normalized spacial score (nSPS) is 15.5. The molecule has 0 bridgehead atoms. The van der Waals surface area contributed by atoms with E-state index in [4.69, 9.17) is 14.6 Å². The van der Waals surface area contributed by atoms with Gasteiger partial charge < -0.3 is 14.6 Å². The lowest BCUT2D eigenvalue weighted by Crippen LogP contribution is -2.18. The fourth-order valence-electron chi connectivity index (χ4n) is 2.01. The zero-order valence-corrected chi connectivity index (χ0v) is 10.5. The molecular formula is C14H20O3. The molecule has 0 aromatic heterocycles. The standard InChI is InChI=1S/C14H20O3/c1-14(2,6-7-15)11-4-5-12-13(10-11)17-9-3-8-16-12/h4-5,10,15H,3,6-9H2,1-2H3. The molecule has 1 aromatic carbocycles. The molecule has 0 atom stereocenters. The maximum Gasteiger partial charge on any atom is 0.161 e. The van der Waals surface area contributed by atoms with E-state index < -0.39 is 0 Å². The van der Waals surface area contributed by atoms with Gasteiger partial charge in [-0.25, -0.2) is 0 Å². The highest BCUT2D eigenvalue weighted by Crippen LogP contribution is 2.35. The molecule has 0 saturated carbocycles. The van der Waals surface area contributed by atoms with Crippen molar-refractivity contribution in [3.05, 3.63) is 23.8 Å². The molecule has 0 amide bonds. The molecule has 3 heteroatoms. The maximum atomic E-state index is 9.09. The average Bonchev–Trinajstić information content (AvgIpc) is 2.52. The molecule has 1 heterocycles. The van der Waals surface area contributed by atoms with E-state index in [0.717, 1.165) is 24.3 Å². The first kappa shape index (κ1) is 12.2. The maximum absolute atomic E-state index is 9.09. The van der Waals surface area contributed by atoms with Gasteiger partial charge in [0.05, 0.1) is 13.2 Å². The summed E-state index contributed by atoms with van der Waals surface area (Å²) in [6.45, 7) is 5.87. The summed E-state index contributed by atoms with van der Waals surface area (Å²) in [7, 11) is 0. The third-order valence-corrected chi connectivity index (χ3v) is 3.27. The molecule has 3 nitrogen and oxygen atoms in total. The van der Waals surface area contributed by atoms with Crippen molar-refractivity contribution in [3.63, 3.8) is 0 Å². The molecule has 0 radical (unpaired) electrons. The van der Waals surface area contributed by atoms with Crippen LogP contribution < -0.4 is 9.47 Å². The molecule has 17 heavy (non-hydrogen) atoms. The molecule has 0 unspecified atom stereocenters. The lowest BCUT2D eigenvalue weighted by molar-refractivity contribution is 0.251. The average molecular weight is 236 g/mol. The molecule has 0 aliphatic carbocycles. The van der Waals surface area contributed by atoms with Gasteiger partial charge >= 0.3 is 0 Å². The number of fused-ring (bicyclic) bond motifs is 1. The van der Waals surface area contributed by atoms with Crippen molar-refractivity contribution in [3.8, 4) is 11.5 Å². The van der Waals surface area contributed by atoms with E-state index in [2.05, 4.69) is 19.9 Å². The Morgan fingerprint density at radius 1 is 1.18 bits per heavy atom. The van der Waals surface area contributed by atoms with E-state index >= 15 is 0 Å². The van der Waals surface area contributed by atoms with Gasteiger partial charge in [-0.05, 0) is 29.5 Å². The zero-order valence-electron chi connectivity index (χ0n) is 10.5. The Labute approximate surface area is 102 Å². The first-order valence-corrected chi connectivity index (χ1v) is 6.14. The van der Waals surface area contributed by atoms with Crippen molar-refractivity contribution in [1.82, 2.24) is 0 Å². The highest BCUT2D eigenvalue weighted by atomic mass is 16.5. The first-order chi connectivity index (χ1) is 8.13. The topological polar surface area (TPSA) is 38.7 Å². The van der Waals surface area contributed by atoms with Crippen LogP contribution in [0.4, 0.5) is 0 Å². The largest absolute Gasteiger partial charge is 0.490 e. The lowest BCUT2D eigenvalue weighted by Gasteiger charge is -2.25. The van der Waals surface area contributed by atoms with Gasteiger partial charge in [-0.3, -0.25) is 0 Å². The summed E-state index contributed by atoms with van der Waals surface area (Å²) in [6.07, 6.45) is 1.66. The van der Waals surface area contributed by atoms with Crippen molar-refractivity contribution in [2.24, 2.45) is 0 Å². The Morgan fingerprint density at radius 2 is 1.88 bits per heavy atom. The van der Waals surface area contributed by atoms with Gasteiger partial charge in [-0.1, -0.05) is 19.9 Å². The van der Waals surface area contributed by atoms with E-state index in [-0.39, 0.29) is 12.0 Å². The minimum absolute atomic E-state index is 0.0422. The minimum Gasteiger partial charge on any atom is -0.490 e. The van der Waals surface area contributed by atoms with Crippen molar-refractivity contribution >= 4 is 0 Å². The quantitative estimate of drug-likeness (QED) is 0.876. The van der Waals surface area contributed by atoms with Crippen molar-refractivity contribution in [1.29, 1.82) is 0 Å². The third-order valence-electron chi connectivity index (χ3n) is 3.27. The molecule has 1 aliphatic heterocycles. The minimum atomic E-state index is -0.0422. The Hall–Kier alpha value is -1.22. The summed E-state index contributed by atoms with van der Waals surface area (Å²) in [4.78, 5) is 0. The molecular weight excluding hydrogens is 216 g/mol. The van der Waals surface area contributed by atoms with Crippen molar-refractivity contribution in [2.45, 2.75) is 32.1 Å². The molecule has 1 aliphatic rings. The monoisotopic (exact) mass is 236 g/mol. The van der Waals surface area contributed by atoms with Gasteiger partial charge in [0.1, 0.15) is 0 Å². The summed E-state index contributed by atoms with van der Waals surface area (Å²) in [5.74, 6) is 1.65. The second kappa shape index (κ2) is 4.96.